The minimum atomic E-state index is -0.661. The summed E-state index contributed by atoms with van der Waals surface area (Å²) in [7, 11) is 0. The van der Waals surface area contributed by atoms with Gasteiger partial charge in [0.2, 0.25) is 5.91 Å². The maximum atomic E-state index is 12.5. The molecule has 2 unspecified atom stereocenters. The van der Waals surface area contributed by atoms with Crippen LogP contribution >= 0.6 is 0 Å². The molecule has 0 aliphatic carbocycles. The Morgan fingerprint density at radius 2 is 0.638 bits per heavy atom. The number of carbonyl (C=O) groups excluding carboxylic acids is 1. The summed E-state index contributed by atoms with van der Waals surface area (Å²) in [5.74, 6) is -0.0271. The second-order valence-corrected chi connectivity index (χ2v) is 21.1. The standard InChI is InChI=1S/C65H121NO3/c1-3-5-7-9-11-13-15-17-19-21-23-25-27-29-30-31-32-33-34-35-36-37-39-41-43-45-47-49-51-53-55-57-59-61-65(69)66-63(62-67)64(68)60-58-56-54-52-50-48-46-44-42-40-38-28-26-24-22-20-18-16-14-12-10-8-6-4-2/h5,7,11,13,17,19,23,25,29-30,63-64,67-68H,3-4,6,8-10,12,14-16,18,20-22,24,26-28,31-62H2,1-2H3,(H,66,69)/b7-5-,13-11-,19-17-,25-23-,30-29-. The van der Waals surface area contributed by atoms with E-state index in [0.717, 1.165) is 57.8 Å². The predicted molar refractivity (Wildman–Crippen MR) is 308 cm³/mol. The van der Waals surface area contributed by atoms with E-state index in [2.05, 4.69) is 79.9 Å². The average Bonchev–Trinajstić information content (AvgIpc) is 3.35. The molecular formula is C65H121NO3. The summed E-state index contributed by atoms with van der Waals surface area (Å²) in [4.78, 5) is 12.5. The van der Waals surface area contributed by atoms with Gasteiger partial charge in [0.15, 0.2) is 0 Å². The summed E-state index contributed by atoms with van der Waals surface area (Å²) >= 11 is 0. The van der Waals surface area contributed by atoms with Crippen molar-refractivity contribution in [3.05, 3.63) is 60.8 Å². The Balaban J connectivity index is 3.44. The summed E-state index contributed by atoms with van der Waals surface area (Å²) in [5, 5.41) is 23.4. The largest absolute Gasteiger partial charge is 0.394 e. The first-order valence-electron chi connectivity index (χ1n) is 31.0. The van der Waals surface area contributed by atoms with Gasteiger partial charge in [-0.1, -0.05) is 325 Å². The van der Waals surface area contributed by atoms with Crippen LogP contribution in [0.2, 0.25) is 0 Å². The summed E-state index contributed by atoms with van der Waals surface area (Å²) < 4.78 is 0. The summed E-state index contributed by atoms with van der Waals surface area (Å²) in [6, 6.07) is -0.538. The molecule has 0 aliphatic rings. The lowest BCUT2D eigenvalue weighted by Gasteiger charge is -2.22. The smallest absolute Gasteiger partial charge is 0.220 e. The highest BCUT2D eigenvalue weighted by molar-refractivity contribution is 5.76. The van der Waals surface area contributed by atoms with Crippen molar-refractivity contribution >= 4 is 5.91 Å². The van der Waals surface area contributed by atoms with E-state index >= 15 is 0 Å². The van der Waals surface area contributed by atoms with Gasteiger partial charge in [-0.05, 0) is 57.8 Å². The van der Waals surface area contributed by atoms with Crippen molar-refractivity contribution in [2.75, 3.05) is 6.61 Å². The Bertz CT molecular complexity index is 1140. The molecular weight excluding hydrogens is 843 g/mol. The number of aliphatic hydroxyl groups excluding tert-OH is 2. The van der Waals surface area contributed by atoms with Crippen LogP contribution in [0, 0.1) is 0 Å². The van der Waals surface area contributed by atoms with Crippen molar-refractivity contribution in [1.82, 2.24) is 5.32 Å². The van der Waals surface area contributed by atoms with Gasteiger partial charge in [0.05, 0.1) is 18.8 Å². The Morgan fingerprint density at radius 1 is 0.362 bits per heavy atom. The van der Waals surface area contributed by atoms with Gasteiger partial charge in [0.25, 0.3) is 0 Å². The summed E-state index contributed by atoms with van der Waals surface area (Å²) in [6.07, 6.45) is 85.2. The number of carbonyl (C=O) groups is 1. The Kier molecular flexibility index (Phi) is 58.7. The molecule has 0 bridgehead atoms. The van der Waals surface area contributed by atoms with Crippen LogP contribution in [0.5, 0.6) is 0 Å². The van der Waals surface area contributed by atoms with Crippen LogP contribution in [0.25, 0.3) is 0 Å². The monoisotopic (exact) mass is 964 g/mol. The van der Waals surface area contributed by atoms with Gasteiger partial charge in [-0.15, -0.1) is 0 Å². The van der Waals surface area contributed by atoms with Crippen LogP contribution in [0.4, 0.5) is 0 Å². The third-order valence-electron chi connectivity index (χ3n) is 14.3. The quantitative estimate of drug-likeness (QED) is 0.0420. The molecule has 0 saturated carbocycles. The lowest BCUT2D eigenvalue weighted by Crippen LogP contribution is -2.45. The number of amides is 1. The highest BCUT2D eigenvalue weighted by atomic mass is 16.3. The van der Waals surface area contributed by atoms with Crippen LogP contribution in [0.3, 0.4) is 0 Å². The Morgan fingerprint density at radius 3 is 0.957 bits per heavy atom. The third kappa shape index (κ3) is 56.9. The fourth-order valence-corrected chi connectivity index (χ4v) is 9.63. The zero-order chi connectivity index (χ0) is 49.9. The summed E-state index contributed by atoms with van der Waals surface area (Å²) in [6.45, 7) is 4.28. The van der Waals surface area contributed by atoms with E-state index in [9.17, 15) is 15.0 Å². The van der Waals surface area contributed by atoms with Gasteiger partial charge in [-0.25, -0.2) is 0 Å². The molecule has 69 heavy (non-hydrogen) atoms. The van der Waals surface area contributed by atoms with Gasteiger partial charge in [0.1, 0.15) is 0 Å². The van der Waals surface area contributed by atoms with Gasteiger partial charge < -0.3 is 15.5 Å². The highest BCUT2D eigenvalue weighted by Crippen LogP contribution is 2.18. The maximum Gasteiger partial charge on any atom is 0.220 e. The number of rotatable bonds is 57. The van der Waals surface area contributed by atoms with E-state index in [1.54, 1.807) is 0 Å². The van der Waals surface area contributed by atoms with Crippen LogP contribution in [-0.2, 0) is 4.79 Å². The Hall–Kier alpha value is -1.91. The van der Waals surface area contributed by atoms with E-state index < -0.39 is 12.1 Å². The van der Waals surface area contributed by atoms with E-state index in [1.165, 1.54) is 244 Å². The molecule has 0 fully saturated rings. The number of hydrogen-bond donors (Lipinski definition) is 3. The lowest BCUT2D eigenvalue weighted by molar-refractivity contribution is -0.123. The predicted octanol–water partition coefficient (Wildman–Crippen LogP) is 20.8. The van der Waals surface area contributed by atoms with Crippen molar-refractivity contribution < 1.29 is 15.0 Å². The second kappa shape index (κ2) is 60.4. The number of unbranched alkanes of at least 4 members (excludes halogenated alkanes) is 40. The molecule has 0 saturated heterocycles. The average molecular weight is 965 g/mol. The van der Waals surface area contributed by atoms with Gasteiger partial charge in [-0.3, -0.25) is 4.79 Å². The number of allylic oxidation sites excluding steroid dienone is 10. The number of aliphatic hydroxyl groups is 2. The van der Waals surface area contributed by atoms with Gasteiger partial charge in [-0.2, -0.15) is 0 Å². The van der Waals surface area contributed by atoms with Crippen LogP contribution < -0.4 is 5.32 Å². The molecule has 0 spiro atoms. The van der Waals surface area contributed by atoms with E-state index in [1.807, 2.05) is 0 Å². The molecule has 0 heterocycles. The fraction of sp³-hybridized carbons (Fsp3) is 0.831. The molecule has 4 nitrogen and oxygen atoms in total. The summed E-state index contributed by atoms with van der Waals surface area (Å²) in [5.41, 5.74) is 0. The van der Waals surface area contributed by atoms with E-state index in [4.69, 9.17) is 0 Å². The topological polar surface area (TPSA) is 69.6 Å². The van der Waals surface area contributed by atoms with E-state index in [0.29, 0.717) is 12.8 Å². The third-order valence-corrected chi connectivity index (χ3v) is 14.3. The van der Waals surface area contributed by atoms with Crippen molar-refractivity contribution in [2.24, 2.45) is 0 Å². The lowest BCUT2D eigenvalue weighted by atomic mass is 10.0. The van der Waals surface area contributed by atoms with Crippen molar-refractivity contribution in [3.63, 3.8) is 0 Å². The molecule has 1 amide bonds. The zero-order valence-corrected chi connectivity index (χ0v) is 46.6. The Labute approximate surface area is 432 Å². The van der Waals surface area contributed by atoms with Crippen molar-refractivity contribution in [2.45, 2.75) is 341 Å². The maximum absolute atomic E-state index is 12.5. The SMILES string of the molecule is CC/C=C\C/C=C\C/C=C\C/C=C\C/C=C\CCCCCCCCCCCCCCCCCCCC(=O)NC(CO)C(O)CCCCCCCCCCCCCCCCCCCCCCCCCC. The molecule has 404 valence electrons. The number of nitrogens with one attached hydrogen (secondary N) is 1. The molecule has 0 aromatic heterocycles. The molecule has 0 aromatic rings. The molecule has 0 aromatic carbocycles. The van der Waals surface area contributed by atoms with Crippen molar-refractivity contribution in [1.29, 1.82) is 0 Å². The van der Waals surface area contributed by atoms with Gasteiger partial charge in [0, 0.05) is 6.42 Å². The second-order valence-electron chi connectivity index (χ2n) is 21.1. The zero-order valence-electron chi connectivity index (χ0n) is 46.6. The van der Waals surface area contributed by atoms with Crippen LogP contribution in [0.1, 0.15) is 328 Å². The van der Waals surface area contributed by atoms with Crippen LogP contribution in [-0.4, -0.2) is 34.9 Å². The molecule has 2 atom stereocenters. The molecule has 0 rings (SSSR count). The first-order valence-corrected chi connectivity index (χ1v) is 31.0. The van der Waals surface area contributed by atoms with Crippen molar-refractivity contribution in [3.8, 4) is 0 Å². The minimum Gasteiger partial charge on any atom is -0.394 e. The molecule has 4 heteroatoms. The van der Waals surface area contributed by atoms with Gasteiger partial charge >= 0.3 is 0 Å². The fourth-order valence-electron chi connectivity index (χ4n) is 9.63. The minimum absolute atomic E-state index is 0.0271. The highest BCUT2D eigenvalue weighted by Gasteiger charge is 2.20. The normalized spacial score (nSPS) is 13.2. The van der Waals surface area contributed by atoms with Crippen LogP contribution in [0.15, 0.2) is 60.8 Å². The molecule has 3 N–H and O–H groups in total. The molecule has 0 aliphatic heterocycles. The van der Waals surface area contributed by atoms with E-state index in [-0.39, 0.29) is 12.5 Å². The number of hydrogen-bond acceptors (Lipinski definition) is 3. The first kappa shape index (κ1) is 67.1. The molecule has 0 radical (unpaired) electrons. The first-order chi connectivity index (χ1) is 34.2.